The van der Waals surface area contributed by atoms with Crippen LogP contribution in [0.4, 0.5) is 0 Å². The predicted molar refractivity (Wildman–Crippen MR) is 81.5 cm³/mol. The van der Waals surface area contributed by atoms with Crippen molar-refractivity contribution in [2.45, 2.75) is 64.4 Å². The molecule has 1 aliphatic heterocycles. The van der Waals surface area contributed by atoms with Crippen LogP contribution >= 0.6 is 0 Å². The van der Waals surface area contributed by atoms with Gasteiger partial charge in [-0.15, -0.1) is 0 Å². The zero-order valence-electron chi connectivity index (χ0n) is 13.2. The van der Waals surface area contributed by atoms with Crippen LogP contribution in [0.25, 0.3) is 0 Å². The third-order valence-corrected chi connectivity index (χ3v) is 4.49. The standard InChI is InChI=1S/C15H23BN2O3/c1-14(2)15(3,4)21-16(20-14)12-7-10(8-17)18-9-13(12)19-11-5-6-11/h7,9,11H,5-6,8,17H2,1-4H3. The van der Waals surface area contributed by atoms with Gasteiger partial charge in [-0.3, -0.25) is 4.98 Å². The highest BCUT2D eigenvalue weighted by Crippen LogP contribution is 2.37. The highest BCUT2D eigenvalue weighted by atomic mass is 16.7. The van der Waals surface area contributed by atoms with Gasteiger partial charge in [0.2, 0.25) is 0 Å². The van der Waals surface area contributed by atoms with E-state index in [0.29, 0.717) is 12.6 Å². The molecule has 0 amide bonds. The average Bonchev–Trinajstić information content (AvgIpc) is 3.18. The zero-order chi connectivity index (χ0) is 15.3. The molecular weight excluding hydrogens is 267 g/mol. The molecule has 0 aromatic carbocycles. The molecule has 0 spiro atoms. The van der Waals surface area contributed by atoms with Gasteiger partial charge in [0.1, 0.15) is 5.75 Å². The van der Waals surface area contributed by atoms with Gasteiger partial charge in [-0.1, -0.05) is 0 Å². The molecule has 3 rings (SSSR count). The van der Waals surface area contributed by atoms with E-state index in [4.69, 9.17) is 19.8 Å². The maximum Gasteiger partial charge on any atom is 0.498 e. The second-order valence-electron chi connectivity index (χ2n) is 6.82. The molecule has 114 valence electrons. The first-order valence-corrected chi connectivity index (χ1v) is 7.53. The Morgan fingerprint density at radius 2 is 1.90 bits per heavy atom. The first-order valence-electron chi connectivity index (χ1n) is 7.53. The molecule has 0 unspecified atom stereocenters. The van der Waals surface area contributed by atoms with Gasteiger partial charge in [0.05, 0.1) is 29.2 Å². The molecule has 2 heterocycles. The Morgan fingerprint density at radius 3 is 2.43 bits per heavy atom. The predicted octanol–water partition coefficient (Wildman–Crippen LogP) is 1.38. The molecule has 1 aromatic rings. The minimum Gasteiger partial charge on any atom is -0.489 e. The number of ether oxygens (including phenoxy) is 1. The lowest BCUT2D eigenvalue weighted by atomic mass is 9.78. The fraction of sp³-hybridized carbons (Fsp3) is 0.667. The molecule has 0 atom stereocenters. The Kier molecular flexibility index (Phi) is 3.51. The number of aromatic nitrogens is 1. The fourth-order valence-electron chi connectivity index (χ4n) is 2.23. The van der Waals surface area contributed by atoms with E-state index in [9.17, 15) is 0 Å². The normalized spacial score (nSPS) is 23.4. The van der Waals surface area contributed by atoms with E-state index in [1.54, 1.807) is 6.20 Å². The smallest absolute Gasteiger partial charge is 0.489 e. The number of pyridine rings is 1. The molecule has 2 N–H and O–H groups in total. The Labute approximate surface area is 126 Å². The fourth-order valence-corrected chi connectivity index (χ4v) is 2.23. The van der Waals surface area contributed by atoms with Gasteiger partial charge in [-0.05, 0) is 46.6 Å². The number of nitrogens with two attached hydrogens (primary N) is 1. The molecule has 1 aliphatic carbocycles. The lowest BCUT2D eigenvalue weighted by Crippen LogP contribution is -2.41. The van der Waals surface area contributed by atoms with Gasteiger partial charge < -0.3 is 19.8 Å². The molecule has 0 bridgehead atoms. The van der Waals surface area contributed by atoms with Crippen LogP contribution in [0.2, 0.25) is 0 Å². The summed E-state index contributed by atoms with van der Waals surface area (Å²) in [4.78, 5) is 4.32. The van der Waals surface area contributed by atoms with Crippen LogP contribution in [0.1, 0.15) is 46.2 Å². The van der Waals surface area contributed by atoms with Crippen molar-refractivity contribution in [3.63, 3.8) is 0 Å². The van der Waals surface area contributed by atoms with Crippen LogP contribution in [-0.2, 0) is 15.9 Å². The lowest BCUT2D eigenvalue weighted by molar-refractivity contribution is 0.00578. The molecule has 2 aliphatic rings. The van der Waals surface area contributed by atoms with Crippen molar-refractivity contribution in [3.05, 3.63) is 18.0 Å². The van der Waals surface area contributed by atoms with E-state index in [0.717, 1.165) is 29.7 Å². The highest BCUT2D eigenvalue weighted by molar-refractivity contribution is 6.63. The first-order chi connectivity index (χ1) is 9.82. The van der Waals surface area contributed by atoms with E-state index in [1.807, 2.05) is 33.8 Å². The second-order valence-corrected chi connectivity index (χ2v) is 6.82. The molecule has 1 aromatic heterocycles. The van der Waals surface area contributed by atoms with E-state index in [2.05, 4.69) is 4.98 Å². The molecular formula is C15H23BN2O3. The SMILES string of the molecule is CC1(C)OB(c2cc(CN)ncc2OC2CC2)OC1(C)C. The zero-order valence-corrected chi connectivity index (χ0v) is 13.2. The summed E-state index contributed by atoms with van der Waals surface area (Å²) < 4.78 is 18.2. The van der Waals surface area contributed by atoms with E-state index < -0.39 is 7.12 Å². The van der Waals surface area contributed by atoms with Gasteiger partial charge in [-0.25, -0.2) is 0 Å². The number of rotatable bonds is 4. The van der Waals surface area contributed by atoms with E-state index in [-0.39, 0.29) is 11.2 Å². The Hall–Kier alpha value is -1.11. The van der Waals surface area contributed by atoms with Crippen molar-refractivity contribution < 1.29 is 14.0 Å². The Balaban J connectivity index is 1.92. The van der Waals surface area contributed by atoms with Crippen LogP contribution in [0.3, 0.4) is 0 Å². The number of hydrogen-bond donors (Lipinski definition) is 1. The van der Waals surface area contributed by atoms with Crippen LogP contribution in [0.15, 0.2) is 12.3 Å². The van der Waals surface area contributed by atoms with Crippen molar-refractivity contribution in [2.75, 3.05) is 0 Å². The molecule has 5 nitrogen and oxygen atoms in total. The maximum atomic E-state index is 6.12. The third-order valence-electron chi connectivity index (χ3n) is 4.49. The van der Waals surface area contributed by atoms with Gasteiger partial charge in [-0.2, -0.15) is 0 Å². The second kappa shape index (κ2) is 4.97. The van der Waals surface area contributed by atoms with Gasteiger partial charge in [0.25, 0.3) is 0 Å². The summed E-state index contributed by atoms with van der Waals surface area (Å²) in [7, 11) is -0.447. The van der Waals surface area contributed by atoms with Gasteiger partial charge in [0.15, 0.2) is 0 Å². The Bertz CT molecular complexity index is 528. The lowest BCUT2D eigenvalue weighted by Gasteiger charge is -2.32. The minimum absolute atomic E-state index is 0.302. The van der Waals surface area contributed by atoms with Crippen molar-refractivity contribution in [1.29, 1.82) is 0 Å². The van der Waals surface area contributed by atoms with Crippen molar-refractivity contribution in [1.82, 2.24) is 4.98 Å². The monoisotopic (exact) mass is 290 g/mol. The first kappa shape index (κ1) is 14.8. The molecule has 1 saturated heterocycles. The quantitative estimate of drug-likeness (QED) is 0.849. The minimum atomic E-state index is -0.447. The molecule has 2 fully saturated rings. The van der Waals surface area contributed by atoms with Crippen LogP contribution in [0.5, 0.6) is 5.75 Å². The summed E-state index contributed by atoms with van der Waals surface area (Å²) in [6, 6.07) is 1.93. The van der Waals surface area contributed by atoms with Crippen molar-refractivity contribution in [2.24, 2.45) is 5.73 Å². The van der Waals surface area contributed by atoms with Crippen LogP contribution < -0.4 is 15.9 Å². The summed E-state index contributed by atoms with van der Waals surface area (Å²) in [6.07, 6.45) is 4.24. The maximum absolute atomic E-state index is 6.12. The van der Waals surface area contributed by atoms with Crippen LogP contribution in [-0.4, -0.2) is 29.4 Å². The van der Waals surface area contributed by atoms with Crippen molar-refractivity contribution >= 4 is 12.6 Å². The number of hydrogen-bond acceptors (Lipinski definition) is 5. The highest BCUT2D eigenvalue weighted by Gasteiger charge is 2.52. The molecule has 0 radical (unpaired) electrons. The summed E-state index contributed by atoms with van der Waals surface area (Å²) in [5, 5.41) is 0. The third kappa shape index (κ3) is 2.80. The summed E-state index contributed by atoms with van der Waals surface area (Å²) in [5.41, 5.74) is 6.65. The van der Waals surface area contributed by atoms with Crippen LogP contribution in [0, 0.1) is 0 Å². The van der Waals surface area contributed by atoms with Gasteiger partial charge in [0, 0.05) is 12.0 Å². The Morgan fingerprint density at radius 1 is 1.29 bits per heavy atom. The summed E-state index contributed by atoms with van der Waals surface area (Å²) in [6.45, 7) is 8.55. The summed E-state index contributed by atoms with van der Waals surface area (Å²) in [5.74, 6) is 0.744. The van der Waals surface area contributed by atoms with E-state index in [1.165, 1.54) is 0 Å². The molecule has 6 heteroatoms. The molecule has 21 heavy (non-hydrogen) atoms. The van der Waals surface area contributed by atoms with Gasteiger partial charge >= 0.3 is 7.12 Å². The molecule has 1 saturated carbocycles. The largest absolute Gasteiger partial charge is 0.498 e. The van der Waals surface area contributed by atoms with E-state index >= 15 is 0 Å². The number of nitrogens with zero attached hydrogens (tertiary/aromatic N) is 1. The topological polar surface area (TPSA) is 66.6 Å². The summed E-state index contributed by atoms with van der Waals surface area (Å²) >= 11 is 0. The average molecular weight is 290 g/mol. The van der Waals surface area contributed by atoms with Crippen molar-refractivity contribution in [3.8, 4) is 5.75 Å².